The van der Waals surface area contributed by atoms with E-state index in [0.717, 1.165) is 0 Å². The van der Waals surface area contributed by atoms with Crippen molar-refractivity contribution in [1.82, 2.24) is 0 Å². The fourth-order valence-electron chi connectivity index (χ4n) is 2.83. The normalized spacial score (nSPS) is 21.5. The van der Waals surface area contributed by atoms with Gasteiger partial charge in [0.05, 0.1) is 0 Å². The van der Waals surface area contributed by atoms with Gasteiger partial charge in [0.25, 0.3) is 0 Å². The van der Waals surface area contributed by atoms with Gasteiger partial charge in [0, 0.05) is 0 Å². The average Bonchev–Trinajstić information content (AvgIpc) is 2.26. The number of hydrogen-bond acceptors (Lipinski definition) is 2. The first-order valence-corrected chi connectivity index (χ1v) is 14.1. The van der Waals surface area contributed by atoms with E-state index in [1.54, 1.807) is 0 Å². The minimum absolute atomic E-state index is 0.430. The Labute approximate surface area is 112 Å². The zero-order valence-electron chi connectivity index (χ0n) is 12.3. The largest absolute Gasteiger partial charge is 0.442 e. The lowest BCUT2D eigenvalue weighted by molar-refractivity contribution is 0.325. The Morgan fingerprint density at radius 1 is 1.18 bits per heavy atom. The van der Waals surface area contributed by atoms with Crippen LogP contribution in [0, 0.1) is 0 Å². The summed E-state index contributed by atoms with van der Waals surface area (Å²) in [6.45, 7) is 11.3. The highest BCUT2D eigenvalue weighted by atomic mass is 28.4. The van der Waals surface area contributed by atoms with Crippen LogP contribution in [0.25, 0.3) is 0 Å². The topological polar surface area (TPSA) is 18.5 Å². The molecular formula is C12H30O2Si3. The standard InChI is InChI=1S/C12H30O2Si3/c1-6-12(10-8-7-9-11-12)15-13-17(4,5)14-16(2)3/h16H,6-11,15H2,1-5H3. The van der Waals surface area contributed by atoms with Crippen molar-refractivity contribution in [2.75, 3.05) is 0 Å². The van der Waals surface area contributed by atoms with Crippen molar-refractivity contribution >= 4 is 27.4 Å². The SMILES string of the molecule is CCC1([SiH2]O[Si](C)(C)O[SiH](C)C)CCCCC1. The van der Waals surface area contributed by atoms with Crippen LogP contribution >= 0.6 is 0 Å². The molecule has 1 aliphatic rings. The molecule has 1 saturated carbocycles. The summed E-state index contributed by atoms with van der Waals surface area (Å²) in [7, 11) is -3.16. The molecule has 1 aliphatic carbocycles. The first-order chi connectivity index (χ1) is 7.89. The molecule has 17 heavy (non-hydrogen) atoms. The molecule has 0 heterocycles. The highest BCUT2D eigenvalue weighted by Gasteiger charge is 2.35. The van der Waals surface area contributed by atoms with Crippen molar-refractivity contribution in [2.24, 2.45) is 0 Å². The van der Waals surface area contributed by atoms with Gasteiger partial charge in [0.1, 0.15) is 0 Å². The van der Waals surface area contributed by atoms with E-state index >= 15 is 0 Å². The molecule has 0 atom stereocenters. The van der Waals surface area contributed by atoms with Gasteiger partial charge in [-0.1, -0.05) is 32.6 Å². The molecule has 0 aromatic rings. The van der Waals surface area contributed by atoms with Crippen LogP contribution < -0.4 is 0 Å². The van der Waals surface area contributed by atoms with E-state index in [4.69, 9.17) is 8.23 Å². The summed E-state index contributed by atoms with van der Waals surface area (Å²) in [5.74, 6) is 0. The molecule has 0 aromatic carbocycles. The van der Waals surface area contributed by atoms with Crippen LogP contribution in [0.4, 0.5) is 0 Å². The first kappa shape index (κ1) is 15.6. The molecule has 0 bridgehead atoms. The molecule has 0 aliphatic heterocycles. The molecule has 2 nitrogen and oxygen atoms in total. The predicted octanol–water partition coefficient (Wildman–Crippen LogP) is 3.32. The molecule has 0 aromatic heterocycles. The Balaban J connectivity index is 2.46. The van der Waals surface area contributed by atoms with Crippen molar-refractivity contribution in [3.8, 4) is 0 Å². The summed E-state index contributed by atoms with van der Waals surface area (Å²) in [5.41, 5.74) is 0. The molecule has 0 N–H and O–H groups in total. The van der Waals surface area contributed by atoms with Crippen molar-refractivity contribution in [3.05, 3.63) is 0 Å². The summed E-state index contributed by atoms with van der Waals surface area (Å²) < 4.78 is 12.5. The molecule has 1 fully saturated rings. The fourth-order valence-corrected chi connectivity index (χ4v) is 11.9. The van der Waals surface area contributed by atoms with Gasteiger partial charge in [-0.3, -0.25) is 0 Å². The maximum Gasteiger partial charge on any atom is 0.310 e. The second kappa shape index (κ2) is 6.65. The third-order valence-corrected chi connectivity index (χ3v) is 13.2. The second-order valence-electron chi connectivity index (χ2n) is 6.27. The Morgan fingerprint density at radius 3 is 2.24 bits per heavy atom. The van der Waals surface area contributed by atoms with Crippen LogP contribution in [0.15, 0.2) is 0 Å². The maximum atomic E-state index is 6.36. The summed E-state index contributed by atoms with van der Waals surface area (Å²) in [5, 5.41) is 0.602. The van der Waals surface area contributed by atoms with E-state index in [-0.39, 0.29) is 0 Å². The Morgan fingerprint density at radius 2 is 1.76 bits per heavy atom. The minimum atomic E-state index is -1.79. The smallest absolute Gasteiger partial charge is 0.310 e. The predicted molar refractivity (Wildman–Crippen MR) is 83.1 cm³/mol. The third kappa shape index (κ3) is 5.38. The van der Waals surface area contributed by atoms with E-state index < -0.39 is 27.4 Å². The Bertz CT molecular complexity index is 226. The van der Waals surface area contributed by atoms with Crippen LogP contribution in [-0.2, 0) is 8.23 Å². The van der Waals surface area contributed by atoms with E-state index in [9.17, 15) is 0 Å². The average molecular weight is 291 g/mol. The molecule has 0 saturated heterocycles. The van der Waals surface area contributed by atoms with E-state index in [2.05, 4.69) is 33.1 Å². The molecule has 102 valence electrons. The van der Waals surface area contributed by atoms with Gasteiger partial charge in [-0.2, -0.15) is 0 Å². The molecule has 0 radical (unpaired) electrons. The van der Waals surface area contributed by atoms with Crippen molar-refractivity contribution in [2.45, 2.75) is 76.7 Å². The van der Waals surface area contributed by atoms with Gasteiger partial charge < -0.3 is 8.23 Å². The summed E-state index contributed by atoms with van der Waals surface area (Å²) >= 11 is 0. The quantitative estimate of drug-likeness (QED) is 0.699. The molecule has 5 heteroatoms. The first-order valence-electron chi connectivity index (χ1n) is 7.21. The molecular weight excluding hydrogens is 260 g/mol. The highest BCUT2D eigenvalue weighted by molar-refractivity contribution is 6.76. The van der Waals surface area contributed by atoms with Crippen LogP contribution in [-0.4, -0.2) is 27.4 Å². The van der Waals surface area contributed by atoms with Crippen LogP contribution in [0.2, 0.25) is 31.2 Å². The van der Waals surface area contributed by atoms with E-state index in [1.165, 1.54) is 38.5 Å². The number of hydrogen-bond donors (Lipinski definition) is 0. The molecule has 0 spiro atoms. The lowest BCUT2D eigenvalue weighted by Crippen LogP contribution is -2.42. The third-order valence-electron chi connectivity index (χ3n) is 3.91. The van der Waals surface area contributed by atoms with E-state index in [0.29, 0.717) is 5.04 Å². The monoisotopic (exact) mass is 290 g/mol. The van der Waals surface area contributed by atoms with Crippen LogP contribution in [0.1, 0.15) is 45.4 Å². The van der Waals surface area contributed by atoms with Gasteiger partial charge in [-0.05, 0) is 44.1 Å². The molecule has 1 rings (SSSR count). The minimum Gasteiger partial charge on any atom is -0.442 e. The van der Waals surface area contributed by atoms with Gasteiger partial charge in [-0.25, -0.2) is 0 Å². The van der Waals surface area contributed by atoms with Crippen LogP contribution in [0.3, 0.4) is 0 Å². The number of rotatable bonds is 6. The maximum absolute atomic E-state index is 6.36. The zero-order valence-corrected chi connectivity index (χ0v) is 15.9. The zero-order chi connectivity index (χ0) is 12.9. The van der Waals surface area contributed by atoms with Crippen LogP contribution in [0.5, 0.6) is 0 Å². The summed E-state index contributed by atoms with van der Waals surface area (Å²) in [6.07, 6.45) is 8.44. The molecule has 0 unspecified atom stereocenters. The highest BCUT2D eigenvalue weighted by Crippen LogP contribution is 2.45. The van der Waals surface area contributed by atoms with Gasteiger partial charge in [-0.15, -0.1) is 0 Å². The Kier molecular flexibility index (Phi) is 6.12. The lowest BCUT2D eigenvalue weighted by Gasteiger charge is -2.38. The summed E-state index contributed by atoms with van der Waals surface area (Å²) in [4.78, 5) is 0. The second-order valence-corrected chi connectivity index (χ2v) is 15.1. The lowest BCUT2D eigenvalue weighted by atomic mass is 9.86. The van der Waals surface area contributed by atoms with E-state index in [1.807, 2.05) is 0 Å². The van der Waals surface area contributed by atoms with Crippen molar-refractivity contribution in [1.29, 1.82) is 0 Å². The van der Waals surface area contributed by atoms with Gasteiger partial charge in [0.2, 0.25) is 0 Å². The van der Waals surface area contributed by atoms with Crippen molar-refractivity contribution < 1.29 is 8.23 Å². The fraction of sp³-hybridized carbons (Fsp3) is 1.00. The molecule has 0 amide bonds. The summed E-state index contributed by atoms with van der Waals surface area (Å²) in [6, 6.07) is 0. The van der Waals surface area contributed by atoms with Crippen molar-refractivity contribution in [3.63, 3.8) is 0 Å². The Hall–Kier alpha value is 0.571. The van der Waals surface area contributed by atoms with Gasteiger partial charge in [0.15, 0.2) is 18.8 Å². The van der Waals surface area contributed by atoms with Gasteiger partial charge >= 0.3 is 8.56 Å².